The number of primary amides is 1. The van der Waals surface area contributed by atoms with Crippen molar-refractivity contribution in [2.75, 3.05) is 20.6 Å². The lowest BCUT2D eigenvalue weighted by molar-refractivity contribution is 0.0922. The van der Waals surface area contributed by atoms with Crippen LogP contribution in [0.3, 0.4) is 0 Å². The Bertz CT molecular complexity index is 660. The quantitative estimate of drug-likeness (QED) is 0.612. The van der Waals surface area contributed by atoms with E-state index in [1.54, 1.807) is 19.1 Å². The maximum Gasteiger partial charge on any atom is 0.279 e. The molecule has 22 heavy (non-hydrogen) atoms. The molecule has 0 saturated heterocycles. The third kappa shape index (κ3) is 4.52. The molecule has 2 amide bonds. The van der Waals surface area contributed by atoms with Gasteiger partial charge in [0.15, 0.2) is 0 Å². The predicted octanol–water partition coefficient (Wildman–Crippen LogP) is -0.700. The fourth-order valence-electron chi connectivity index (χ4n) is 1.88. The van der Waals surface area contributed by atoms with Crippen molar-refractivity contribution >= 4 is 22.0 Å². The van der Waals surface area contributed by atoms with E-state index in [9.17, 15) is 18.0 Å². The van der Waals surface area contributed by atoms with E-state index in [1.807, 2.05) is 0 Å². The van der Waals surface area contributed by atoms with Gasteiger partial charge in [0.05, 0.1) is 11.1 Å². The molecule has 1 atom stereocenters. The zero-order chi connectivity index (χ0) is 16.9. The second-order valence-corrected chi connectivity index (χ2v) is 6.76. The first-order valence-electron chi connectivity index (χ1n) is 6.53. The third-order valence-corrected chi connectivity index (χ3v) is 4.50. The molecule has 0 aliphatic rings. The second-order valence-electron chi connectivity index (χ2n) is 4.77. The number of carbonyl (C=O) groups excluding carboxylic acids is 2. The number of benzene rings is 1. The maximum absolute atomic E-state index is 12.2. The van der Waals surface area contributed by atoms with Crippen LogP contribution in [0.1, 0.15) is 27.6 Å². The molecule has 1 unspecified atom stereocenters. The van der Waals surface area contributed by atoms with Gasteiger partial charge in [0.2, 0.25) is 5.91 Å². The minimum absolute atomic E-state index is 0.0770. The summed E-state index contributed by atoms with van der Waals surface area (Å²) in [6, 6.07) is 5.70. The Morgan fingerprint density at radius 1 is 1.27 bits per heavy atom. The Labute approximate surface area is 129 Å². The number of hydrogen-bond donors (Lipinski definition) is 3. The molecule has 122 valence electrons. The van der Waals surface area contributed by atoms with Gasteiger partial charge < -0.3 is 11.1 Å². The molecular formula is C13H20N4O4S. The molecule has 0 aliphatic carbocycles. The summed E-state index contributed by atoms with van der Waals surface area (Å²) in [5.74, 6) is -1.19. The second kappa shape index (κ2) is 7.34. The average Bonchev–Trinajstić information content (AvgIpc) is 2.46. The first-order chi connectivity index (χ1) is 10.2. The van der Waals surface area contributed by atoms with Gasteiger partial charge in [-0.25, -0.2) is 4.72 Å². The van der Waals surface area contributed by atoms with E-state index in [4.69, 9.17) is 5.73 Å². The molecular weight excluding hydrogens is 308 g/mol. The molecule has 1 aromatic rings. The van der Waals surface area contributed by atoms with Gasteiger partial charge >= 0.3 is 0 Å². The number of rotatable bonds is 7. The number of likely N-dealkylation sites (N-methyl/N-ethyl adjacent to an activating group) is 1. The van der Waals surface area contributed by atoms with Crippen LogP contribution in [-0.2, 0) is 10.2 Å². The number of amides is 2. The van der Waals surface area contributed by atoms with Crippen LogP contribution in [0.2, 0.25) is 0 Å². The van der Waals surface area contributed by atoms with E-state index in [1.165, 1.54) is 26.2 Å². The Morgan fingerprint density at radius 2 is 1.82 bits per heavy atom. The highest BCUT2D eigenvalue weighted by atomic mass is 32.2. The van der Waals surface area contributed by atoms with Crippen LogP contribution in [0, 0.1) is 0 Å². The van der Waals surface area contributed by atoms with E-state index in [2.05, 4.69) is 10.0 Å². The van der Waals surface area contributed by atoms with Crippen LogP contribution in [0.4, 0.5) is 0 Å². The molecule has 4 N–H and O–H groups in total. The highest BCUT2D eigenvalue weighted by Crippen LogP contribution is 2.08. The standard InChI is InChI=1S/C13H20N4O4S/c1-9(8-17(3)22(20,21)15-2)16-13(19)11-7-5-4-6-10(11)12(14)18/h4-7,9,15H,8H2,1-3H3,(H2,14,18)(H,16,19). The summed E-state index contributed by atoms with van der Waals surface area (Å²) in [5, 5.41) is 2.64. The van der Waals surface area contributed by atoms with Gasteiger partial charge in [-0.3, -0.25) is 9.59 Å². The Balaban J connectivity index is 2.79. The molecule has 0 aromatic heterocycles. The molecule has 0 heterocycles. The van der Waals surface area contributed by atoms with Crippen molar-refractivity contribution in [1.82, 2.24) is 14.3 Å². The fraction of sp³-hybridized carbons (Fsp3) is 0.385. The van der Waals surface area contributed by atoms with E-state index < -0.39 is 28.1 Å². The van der Waals surface area contributed by atoms with Crippen molar-refractivity contribution in [3.05, 3.63) is 35.4 Å². The summed E-state index contributed by atoms with van der Waals surface area (Å²) in [6.45, 7) is 1.74. The Morgan fingerprint density at radius 3 is 2.32 bits per heavy atom. The largest absolute Gasteiger partial charge is 0.366 e. The number of nitrogens with zero attached hydrogens (tertiary/aromatic N) is 1. The summed E-state index contributed by atoms with van der Waals surface area (Å²) in [6.07, 6.45) is 0. The lowest BCUT2D eigenvalue weighted by Gasteiger charge is -2.21. The number of nitrogens with one attached hydrogen (secondary N) is 2. The normalized spacial score (nSPS) is 12.9. The van der Waals surface area contributed by atoms with Gasteiger partial charge in [-0.15, -0.1) is 0 Å². The molecule has 0 bridgehead atoms. The van der Waals surface area contributed by atoms with Crippen LogP contribution >= 0.6 is 0 Å². The molecule has 1 aromatic carbocycles. The van der Waals surface area contributed by atoms with Gasteiger partial charge in [0, 0.05) is 26.7 Å². The highest BCUT2D eigenvalue weighted by molar-refractivity contribution is 7.87. The van der Waals surface area contributed by atoms with Gasteiger partial charge in [-0.05, 0) is 19.1 Å². The van der Waals surface area contributed by atoms with Crippen LogP contribution in [0.5, 0.6) is 0 Å². The van der Waals surface area contributed by atoms with Crippen LogP contribution < -0.4 is 15.8 Å². The van der Waals surface area contributed by atoms with Gasteiger partial charge in [0.1, 0.15) is 0 Å². The molecule has 0 saturated carbocycles. The summed E-state index contributed by atoms with van der Waals surface area (Å²) in [5.41, 5.74) is 5.49. The highest BCUT2D eigenvalue weighted by Gasteiger charge is 2.20. The van der Waals surface area contributed by atoms with Crippen molar-refractivity contribution in [3.8, 4) is 0 Å². The van der Waals surface area contributed by atoms with Crippen molar-refractivity contribution in [1.29, 1.82) is 0 Å². The molecule has 0 aliphatic heterocycles. The SMILES string of the molecule is CNS(=O)(=O)N(C)CC(C)NC(=O)c1ccccc1C(N)=O. The summed E-state index contributed by atoms with van der Waals surface area (Å²) < 4.78 is 26.4. The molecule has 0 radical (unpaired) electrons. The summed E-state index contributed by atoms with van der Waals surface area (Å²) in [4.78, 5) is 23.5. The first kappa shape index (κ1) is 18.1. The summed E-state index contributed by atoms with van der Waals surface area (Å²) in [7, 11) is -0.859. The lowest BCUT2D eigenvalue weighted by atomic mass is 10.1. The first-order valence-corrected chi connectivity index (χ1v) is 7.97. The molecule has 9 heteroatoms. The minimum Gasteiger partial charge on any atom is -0.366 e. The van der Waals surface area contributed by atoms with Crippen LogP contribution in [-0.4, -0.2) is 51.2 Å². The van der Waals surface area contributed by atoms with Gasteiger partial charge in [0.25, 0.3) is 16.1 Å². The van der Waals surface area contributed by atoms with Crippen molar-refractivity contribution in [2.45, 2.75) is 13.0 Å². The molecule has 8 nitrogen and oxygen atoms in total. The van der Waals surface area contributed by atoms with E-state index in [0.29, 0.717) is 0 Å². The van der Waals surface area contributed by atoms with Crippen molar-refractivity contribution in [3.63, 3.8) is 0 Å². The lowest BCUT2D eigenvalue weighted by Crippen LogP contribution is -2.45. The van der Waals surface area contributed by atoms with Gasteiger partial charge in [-0.2, -0.15) is 12.7 Å². The van der Waals surface area contributed by atoms with E-state index in [-0.39, 0.29) is 17.7 Å². The van der Waals surface area contributed by atoms with Crippen LogP contribution in [0.25, 0.3) is 0 Å². The molecule has 1 rings (SSSR count). The maximum atomic E-state index is 12.2. The van der Waals surface area contributed by atoms with Crippen LogP contribution in [0.15, 0.2) is 24.3 Å². The number of nitrogens with two attached hydrogens (primary N) is 1. The van der Waals surface area contributed by atoms with Crippen molar-refractivity contribution in [2.24, 2.45) is 5.73 Å². The fourth-order valence-corrected chi connectivity index (χ4v) is 2.61. The van der Waals surface area contributed by atoms with E-state index in [0.717, 1.165) is 4.31 Å². The Kier molecular flexibility index (Phi) is 6.03. The van der Waals surface area contributed by atoms with Gasteiger partial charge in [-0.1, -0.05) is 12.1 Å². The summed E-state index contributed by atoms with van der Waals surface area (Å²) >= 11 is 0. The molecule has 0 fully saturated rings. The average molecular weight is 328 g/mol. The van der Waals surface area contributed by atoms with Crippen molar-refractivity contribution < 1.29 is 18.0 Å². The zero-order valence-corrected chi connectivity index (χ0v) is 13.5. The third-order valence-electron chi connectivity index (χ3n) is 3.01. The monoisotopic (exact) mass is 328 g/mol. The number of carbonyl (C=O) groups is 2. The zero-order valence-electron chi connectivity index (χ0n) is 12.7. The topological polar surface area (TPSA) is 122 Å². The predicted molar refractivity (Wildman–Crippen MR) is 82.5 cm³/mol. The Hall–Kier alpha value is -1.97. The number of hydrogen-bond acceptors (Lipinski definition) is 4. The van der Waals surface area contributed by atoms with E-state index >= 15 is 0 Å². The smallest absolute Gasteiger partial charge is 0.279 e. The molecule has 0 spiro atoms. The minimum atomic E-state index is -3.56.